The number of methoxy groups -OCH3 is 1. The normalized spacial score (nSPS) is 10.7. The van der Waals surface area contributed by atoms with Crippen LogP contribution in [0.4, 0.5) is 11.5 Å². The van der Waals surface area contributed by atoms with Gasteiger partial charge in [-0.15, -0.1) is 0 Å². The zero-order chi connectivity index (χ0) is 20.3. The quantitative estimate of drug-likeness (QED) is 0.502. The predicted molar refractivity (Wildman–Crippen MR) is 106 cm³/mol. The second-order valence-electron chi connectivity index (χ2n) is 6.07. The highest BCUT2D eigenvalue weighted by Gasteiger charge is 2.13. The van der Waals surface area contributed by atoms with E-state index in [0.717, 1.165) is 5.56 Å². The highest BCUT2D eigenvalue weighted by atomic mass is 35.5. The molecule has 0 saturated heterocycles. The first-order valence-corrected chi connectivity index (χ1v) is 8.76. The number of imidazole rings is 1. The van der Waals surface area contributed by atoms with Crippen molar-refractivity contribution in [3.8, 4) is 5.75 Å². The summed E-state index contributed by atoms with van der Waals surface area (Å²) in [6, 6.07) is 6.51. The number of rotatable bonds is 6. The Labute approximate surface area is 164 Å². The lowest BCUT2D eigenvalue weighted by molar-refractivity contribution is -0.121. The van der Waals surface area contributed by atoms with E-state index in [1.807, 2.05) is 6.92 Å². The molecular weight excluding hydrogens is 386 g/mol. The fourth-order valence-electron chi connectivity index (χ4n) is 2.56. The fraction of sp³-hybridized carbons (Fsp3) is 0.222. The zero-order valence-corrected chi connectivity index (χ0v) is 15.9. The monoisotopic (exact) mass is 403 g/mol. The first kappa shape index (κ1) is 19.4. The molecule has 3 rings (SSSR count). The number of carbonyl (C=O) groups is 2. The van der Waals surface area contributed by atoms with Crippen molar-refractivity contribution in [2.75, 3.05) is 17.7 Å². The molecule has 28 heavy (non-hydrogen) atoms. The number of aryl methyl sites for hydroxylation is 1. The van der Waals surface area contributed by atoms with Crippen molar-refractivity contribution in [2.24, 2.45) is 0 Å². The van der Waals surface area contributed by atoms with Gasteiger partial charge < -0.3 is 20.4 Å². The summed E-state index contributed by atoms with van der Waals surface area (Å²) >= 11 is 6.05. The Kier molecular flexibility index (Phi) is 5.65. The number of hydrogen-bond donors (Lipinski definition) is 4. The van der Waals surface area contributed by atoms with E-state index in [9.17, 15) is 14.4 Å². The summed E-state index contributed by atoms with van der Waals surface area (Å²) in [5.74, 6) is 0.00207. The molecule has 0 fully saturated rings. The number of carbonyl (C=O) groups excluding carboxylic acids is 2. The molecule has 4 N–H and O–H groups in total. The average Bonchev–Trinajstić information content (AvgIpc) is 3.02. The van der Waals surface area contributed by atoms with Crippen molar-refractivity contribution < 1.29 is 14.3 Å². The number of fused-ring (bicyclic) bond motifs is 1. The number of H-pyrrole nitrogens is 2. The molecule has 2 heterocycles. The molecule has 0 bridgehead atoms. The van der Waals surface area contributed by atoms with Gasteiger partial charge in [0.1, 0.15) is 11.6 Å². The lowest BCUT2D eigenvalue weighted by Crippen LogP contribution is -2.18. The Morgan fingerprint density at radius 2 is 1.86 bits per heavy atom. The van der Waals surface area contributed by atoms with Crippen molar-refractivity contribution >= 4 is 46.1 Å². The molecule has 0 unspecified atom stereocenters. The van der Waals surface area contributed by atoms with Crippen LogP contribution in [0.25, 0.3) is 11.2 Å². The van der Waals surface area contributed by atoms with Crippen LogP contribution >= 0.6 is 11.6 Å². The maximum Gasteiger partial charge on any atom is 0.325 e. The summed E-state index contributed by atoms with van der Waals surface area (Å²) in [5.41, 5.74) is 1.77. The molecule has 0 radical (unpaired) electrons. The third kappa shape index (κ3) is 4.49. The van der Waals surface area contributed by atoms with E-state index < -0.39 is 0 Å². The van der Waals surface area contributed by atoms with Crippen molar-refractivity contribution in [1.82, 2.24) is 15.0 Å². The van der Waals surface area contributed by atoms with Gasteiger partial charge in [0.15, 0.2) is 5.65 Å². The maximum atomic E-state index is 12.2. The number of aromatic amines is 2. The number of aromatic nitrogens is 3. The van der Waals surface area contributed by atoms with Crippen LogP contribution in [0.2, 0.25) is 5.02 Å². The maximum absolute atomic E-state index is 12.2. The summed E-state index contributed by atoms with van der Waals surface area (Å²) in [6.45, 7) is 1.81. The van der Waals surface area contributed by atoms with Gasteiger partial charge in [-0.1, -0.05) is 11.6 Å². The number of nitrogens with one attached hydrogen (secondary N) is 4. The molecule has 0 aliphatic carbocycles. The van der Waals surface area contributed by atoms with Crippen LogP contribution in [0.5, 0.6) is 5.75 Å². The van der Waals surface area contributed by atoms with Gasteiger partial charge >= 0.3 is 5.69 Å². The second kappa shape index (κ2) is 8.13. The molecular formula is C18H18ClN5O4. The number of halogens is 1. The van der Waals surface area contributed by atoms with Gasteiger partial charge in [0.2, 0.25) is 11.8 Å². The van der Waals surface area contributed by atoms with Crippen molar-refractivity contribution in [2.45, 2.75) is 19.8 Å². The highest BCUT2D eigenvalue weighted by molar-refractivity contribution is 6.31. The third-order valence-corrected chi connectivity index (χ3v) is 4.38. The van der Waals surface area contributed by atoms with Crippen LogP contribution in [0.1, 0.15) is 18.4 Å². The van der Waals surface area contributed by atoms with Crippen molar-refractivity contribution in [1.29, 1.82) is 0 Å². The van der Waals surface area contributed by atoms with Crippen LogP contribution in [0.3, 0.4) is 0 Å². The van der Waals surface area contributed by atoms with Crippen molar-refractivity contribution in [3.63, 3.8) is 0 Å². The smallest absolute Gasteiger partial charge is 0.325 e. The number of nitrogens with zero attached hydrogens (tertiary/aromatic N) is 1. The molecule has 3 aromatic rings. The lowest BCUT2D eigenvalue weighted by Gasteiger charge is -2.12. The second-order valence-corrected chi connectivity index (χ2v) is 6.48. The molecule has 2 aromatic heterocycles. The van der Waals surface area contributed by atoms with E-state index in [2.05, 4.69) is 25.6 Å². The topological polar surface area (TPSA) is 129 Å². The summed E-state index contributed by atoms with van der Waals surface area (Å²) in [4.78, 5) is 44.7. The van der Waals surface area contributed by atoms with Gasteiger partial charge in [-0.3, -0.25) is 14.6 Å². The van der Waals surface area contributed by atoms with Gasteiger partial charge in [-0.05, 0) is 30.7 Å². The standard InChI is InChI=1S/C18H18ClN5O4/c1-9-7-12(13(28-2)8-10(9)19)20-15(25)5-6-16(26)22-14-4-3-11-17(23-14)24-18(27)21-11/h3-4,7-8H,5-6H2,1-2H3,(H,20,25)(H3,21,22,23,24,26,27). The van der Waals surface area contributed by atoms with Gasteiger partial charge in [0, 0.05) is 23.9 Å². The number of anilines is 2. The van der Waals surface area contributed by atoms with Gasteiger partial charge in [-0.2, -0.15) is 0 Å². The van der Waals surface area contributed by atoms with E-state index in [1.54, 1.807) is 24.3 Å². The van der Waals surface area contributed by atoms with E-state index in [4.69, 9.17) is 16.3 Å². The average molecular weight is 404 g/mol. The van der Waals surface area contributed by atoms with Crippen molar-refractivity contribution in [3.05, 3.63) is 45.3 Å². The third-order valence-electron chi connectivity index (χ3n) is 3.98. The van der Waals surface area contributed by atoms with Crippen LogP contribution in [-0.4, -0.2) is 33.9 Å². The van der Waals surface area contributed by atoms with Gasteiger partial charge in [0.25, 0.3) is 0 Å². The van der Waals surface area contributed by atoms with Crippen LogP contribution in [0.15, 0.2) is 29.1 Å². The summed E-state index contributed by atoms with van der Waals surface area (Å²) in [5, 5.41) is 5.84. The first-order valence-electron chi connectivity index (χ1n) is 8.38. The molecule has 146 valence electrons. The summed E-state index contributed by atoms with van der Waals surface area (Å²) in [7, 11) is 1.48. The molecule has 0 atom stereocenters. The van der Waals surface area contributed by atoms with Gasteiger partial charge in [-0.25, -0.2) is 9.78 Å². The summed E-state index contributed by atoms with van der Waals surface area (Å²) < 4.78 is 5.21. The molecule has 10 heteroatoms. The Hall–Kier alpha value is -3.33. The number of hydrogen-bond acceptors (Lipinski definition) is 5. The Balaban J connectivity index is 1.57. The van der Waals surface area contributed by atoms with E-state index in [-0.39, 0.29) is 36.2 Å². The molecule has 0 aliphatic heterocycles. The van der Waals surface area contributed by atoms with Crippen LogP contribution in [-0.2, 0) is 9.59 Å². The Morgan fingerprint density at radius 3 is 2.57 bits per heavy atom. The molecule has 9 nitrogen and oxygen atoms in total. The summed E-state index contributed by atoms with van der Waals surface area (Å²) in [6.07, 6.45) is -0.0655. The number of benzene rings is 1. The molecule has 0 spiro atoms. The SMILES string of the molecule is COc1cc(Cl)c(C)cc1NC(=O)CCC(=O)Nc1ccc2[nH]c(=O)[nH]c2n1. The van der Waals surface area contributed by atoms with Gasteiger partial charge in [0.05, 0.1) is 18.3 Å². The minimum Gasteiger partial charge on any atom is -0.495 e. The molecule has 0 aliphatic rings. The number of ether oxygens (including phenoxy) is 1. The van der Waals surface area contributed by atoms with E-state index >= 15 is 0 Å². The highest BCUT2D eigenvalue weighted by Crippen LogP contribution is 2.31. The van der Waals surface area contributed by atoms with E-state index in [1.165, 1.54) is 7.11 Å². The molecule has 1 aromatic carbocycles. The fourth-order valence-corrected chi connectivity index (χ4v) is 2.71. The van der Waals surface area contributed by atoms with Crippen LogP contribution < -0.4 is 21.1 Å². The zero-order valence-electron chi connectivity index (χ0n) is 15.2. The largest absolute Gasteiger partial charge is 0.495 e. The van der Waals surface area contributed by atoms with E-state index in [0.29, 0.717) is 27.6 Å². The Morgan fingerprint density at radius 1 is 1.14 bits per heavy atom. The molecule has 0 saturated carbocycles. The first-order chi connectivity index (χ1) is 13.4. The predicted octanol–water partition coefficient (Wildman–Crippen LogP) is 2.58. The Bertz CT molecular complexity index is 1110. The number of amides is 2. The number of pyridine rings is 1. The van der Waals surface area contributed by atoms with Crippen LogP contribution in [0, 0.1) is 6.92 Å². The minimum absolute atomic E-state index is 0.0279. The molecule has 2 amide bonds. The lowest BCUT2D eigenvalue weighted by atomic mass is 10.2. The minimum atomic E-state index is -0.379.